The number of hydrogen-bond acceptors (Lipinski definition) is 0. The number of benzene rings is 2. The second kappa shape index (κ2) is 4.77. The van der Waals surface area contributed by atoms with Crippen molar-refractivity contribution in [2.45, 2.75) is 26.1 Å². The van der Waals surface area contributed by atoms with Crippen LogP contribution in [0, 0.1) is 0 Å². The van der Waals surface area contributed by atoms with Gasteiger partial charge in [-0.1, -0.05) is 24.3 Å². The van der Waals surface area contributed by atoms with Crippen LogP contribution in [-0.2, 0) is 12.2 Å². The van der Waals surface area contributed by atoms with E-state index in [1.807, 2.05) is 0 Å². The lowest BCUT2D eigenvalue weighted by atomic mass is 9.89. The zero-order chi connectivity index (χ0) is 15.2. The monoisotopic (exact) mass is 288 g/mol. The van der Waals surface area contributed by atoms with E-state index in [9.17, 15) is 0 Å². The van der Waals surface area contributed by atoms with Gasteiger partial charge in [-0.3, -0.25) is 0 Å². The van der Waals surface area contributed by atoms with Gasteiger partial charge in [-0.15, -0.1) is 4.57 Å². The highest BCUT2D eigenvalue weighted by molar-refractivity contribution is 5.80. The minimum absolute atomic E-state index is 0.0310. The summed E-state index contributed by atoms with van der Waals surface area (Å²) in [5.74, 6) is 0. The molecule has 0 aliphatic carbocycles. The molecule has 0 radical (unpaired) electrons. The number of hydrogen-bond donors (Lipinski definition) is 0. The minimum Gasteiger partial charge on any atom is -0.168 e. The van der Waals surface area contributed by atoms with Gasteiger partial charge >= 0.3 is 6.67 Å². The molecule has 0 amide bonds. The molecule has 2 heterocycles. The Kier molecular flexibility index (Phi) is 2.86. The number of para-hydroxylation sites is 1. The first kappa shape index (κ1) is 13.2. The lowest BCUT2D eigenvalue weighted by Gasteiger charge is -2.26. The molecule has 0 saturated heterocycles. The largest absolute Gasteiger partial charge is 0.340 e. The molecule has 0 saturated carbocycles. The van der Waals surface area contributed by atoms with E-state index in [0.717, 1.165) is 6.67 Å². The first-order valence-corrected chi connectivity index (χ1v) is 7.74. The van der Waals surface area contributed by atoms with Crippen LogP contribution in [0.2, 0.25) is 0 Å². The van der Waals surface area contributed by atoms with Crippen molar-refractivity contribution in [1.82, 2.24) is 0 Å². The highest BCUT2D eigenvalue weighted by atomic mass is 15.2. The van der Waals surface area contributed by atoms with E-state index in [0.29, 0.717) is 0 Å². The quantitative estimate of drug-likeness (QED) is 0.605. The molecule has 1 aromatic heterocycles. The molecule has 2 nitrogen and oxygen atoms in total. The van der Waals surface area contributed by atoms with Crippen molar-refractivity contribution >= 4 is 17.1 Å². The molecule has 1 aliphatic heterocycles. The van der Waals surface area contributed by atoms with E-state index in [2.05, 4.69) is 96.1 Å². The van der Waals surface area contributed by atoms with E-state index in [1.165, 1.54) is 22.0 Å². The fourth-order valence-electron chi connectivity index (χ4n) is 3.37. The predicted octanol–water partition coefficient (Wildman–Crippen LogP) is 3.47. The molecule has 2 heteroatoms. The third kappa shape index (κ3) is 1.95. The standard InChI is InChI=1S/C20H20N2/c1-20(2)18-12-6-10-17-11-7-13-21(19(17)18)15-22(20)14-16-8-4-3-5-9-16/h3-14H,15H2,1-2H3/q+2/b22-14+. The number of pyridine rings is 1. The fraction of sp³-hybridized carbons (Fsp3) is 0.200. The minimum atomic E-state index is -0.0310. The van der Waals surface area contributed by atoms with Crippen molar-refractivity contribution in [3.05, 3.63) is 78.0 Å². The van der Waals surface area contributed by atoms with Crippen LogP contribution in [0.5, 0.6) is 0 Å². The van der Waals surface area contributed by atoms with Crippen molar-refractivity contribution < 1.29 is 9.14 Å². The van der Waals surface area contributed by atoms with Gasteiger partial charge in [-0.25, -0.2) is 0 Å². The summed E-state index contributed by atoms with van der Waals surface area (Å²) in [6.45, 7) is 5.48. The lowest BCUT2D eigenvalue weighted by Crippen LogP contribution is -2.52. The van der Waals surface area contributed by atoms with Gasteiger partial charge in [0.15, 0.2) is 18.0 Å². The van der Waals surface area contributed by atoms with Crippen LogP contribution in [0.25, 0.3) is 10.9 Å². The zero-order valence-electron chi connectivity index (χ0n) is 13.0. The zero-order valence-corrected chi connectivity index (χ0v) is 13.0. The summed E-state index contributed by atoms with van der Waals surface area (Å²) in [6.07, 6.45) is 4.44. The van der Waals surface area contributed by atoms with Crippen molar-refractivity contribution in [3.8, 4) is 0 Å². The Morgan fingerprint density at radius 1 is 0.909 bits per heavy atom. The maximum Gasteiger partial charge on any atom is 0.340 e. The predicted molar refractivity (Wildman–Crippen MR) is 89.0 cm³/mol. The van der Waals surface area contributed by atoms with Crippen LogP contribution in [0.15, 0.2) is 66.9 Å². The Hall–Kier alpha value is -2.48. The fourth-order valence-corrected chi connectivity index (χ4v) is 3.37. The molecule has 0 atom stereocenters. The Bertz CT molecular complexity index is 871. The summed E-state index contributed by atoms with van der Waals surface area (Å²) >= 11 is 0. The van der Waals surface area contributed by atoms with Crippen LogP contribution in [0.4, 0.5) is 0 Å². The van der Waals surface area contributed by atoms with Gasteiger partial charge in [0.25, 0.3) is 0 Å². The second-order valence-electron chi connectivity index (χ2n) is 6.43. The molecule has 0 fully saturated rings. The molecule has 0 bridgehead atoms. The van der Waals surface area contributed by atoms with Crippen molar-refractivity contribution in [2.75, 3.05) is 0 Å². The van der Waals surface area contributed by atoms with Crippen molar-refractivity contribution in [3.63, 3.8) is 0 Å². The van der Waals surface area contributed by atoms with Crippen LogP contribution >= 0.6 is 0 Å². The molecule has 2 aromatic carbocycles. The van der Waals surface area contributed by atoms with Crippen LogP contribution in [-0.4, -0.2) is 10.8 Å². The van der Waals surface area contributed by atoms with E-state index >= 15 is 0 Å². The van der Waals surface area contributed by atoms with Crippen LogP contribution < -0.4 is 4.57 Å². The van der Waals surface area contributed by atoms with Crippen molar-refractivity contribution in [2.24, 2.45) is 0 Å². The topological polar surface area (TPSA) is 6.89 Å². The van der Waals surface area contributed by atoms with E-state index in [-0.39, 0.29) is 5.54 Å². The highest BCUT2D eigenvalue weighted by Crippen LogP contribution is 2.32. The maximum atomic E-state index is 2.42. The first-order chi connectivity index (χ1) is 10.7. The lowest BCUT2D eigenvalue weighted by molar-refractivity contribution is -0.867. The van der Waals surface area contributed by atoms with Crippen LogP contribution in [0.3, 0.4) is 0 Å². The maximum absolute atomic E-state index is 2.42. The highest BCUT2D eigenvalue weighted by Gasteiger charge is 2.43. The Morgan fingerprint density at radius 3 is 2.50 bits per heavy atom. The molecule has 3 aromatic rings. The third-order valence-electron chi connectivity index (χ3n) is 4.68. The average molecular weight is 288 g/mol. The molecule has 108 valence electrons. The molecular weight excluding hydrogens is 268 g/mol. The molecule has 0 N–H and O–H groups in total. The second-order valence-corrected chi connectivity index (χ2v) is 6.43. The van der Waals surface area contributed by atoms with Crippen LogP contribution in [0.1, 0.15) is 25.0 Å². The first-order valence-electron chi connectivity index (χ1n) is 7.74. The van der Waals surface area contributed by atoms with Crippen molar-refractivity contribution in [1.29, 1.82) is 0 Å². The van der Waals surface area contributed by atoms with Gasteiger partial charge in [0, 0.05) is 30.9 Å². The summed E-state index contributed by atoms with van der Waals surface area (Å²) in [7, 11) is 0. The van der Waals surface area contributed by atoms with Gasteiger partial charge in [-0.2, -0.15) is 4.58 Å². The van der Waals surface area contributed by atoms with E-state index < -0.39 is 0 Å². The molecule has 4 rings (SSSR count). The Morgan fingerprint density at radius 2 is 1.68 bits per heavy atom. The average Bonchev–Trinajstić information content (AvgIpc) is 2.54. The van der Waals surface area contributed by atoms with Gasteiger partial charge in [0.1, 0.15) is 0 Å². The summed E-state index contributed by atoms with van der Waals surface area (Å²) in [5.41, 5.74) is 3.94. The SMILES string of the molecule is CC1(C)c2cccc3ccc[n+](c23)C/[N+]1=C\c1ccccc1. The third-order valence-corrected chi connectivity index (χ3v) is 4.68. The Balaban J connectivity index is 1.95. The number of aromatic nitrogens is 1. The molecule has 1 aliphatic rings. The normalized spacial score (nSPS) is 17.8. The molecule has 22 heavy (non-hydrogen) atoms. The van der Waals surface area contributed by atoms with E-state index in [1.54, 1.807) is 0 Å². The molecule has 0 spiro atoms. The molecular formula is C20H20N2+2. The van der Waals surface area contributed by atoms with Gasteiger partial charge in [-0.05, 0) is 30.3 Å². The smallest absolute Gasteiger partial charge is 0.168 e. The summed E-state index contributed by atoms with van der Waals surface area (Å²) in [6, 6.07) is 21.5. The summed E-state index contributed by atoms with van der Waals surface area (Å²) < 4.78 is 4.76. The number of nitrogens with zero attached hydrogens (tertiary/aromatic N) is 2. The molecule has 0 unspecified atom stereocenters. The van der Waals surface area contributed by atoms with Gasteiger partial charge in [0.2, 0.25) is 5.52 Å². The van der Waals surface area contributed by atoms with E-state index in [4.69, 9.17) is 0 Å². The number of rotatable bonds is 1. The summed E-state index contributed by atoms with van der Waals surface area (Å²) in [4.78, 5) is 0. The summed E-state index contributed by atoms with van der Waals surface area (Å²) in [5, 5.41) is 1.31. The van der Waals surface area contributed by atoms with Gasteiger partial charge in [0.05, 0.1) is 5.56 Å². The van der Waals surface area contributed by atoms with Gasteiger partial charge < -0.3 is 0 Å². The Labute approximate surface area is 131 Å².